The van der Waals surface area contributed by atoms with Crippen molar-refractivity contribution in [1.82, 2.24) is 34.5 Å². The Bertz CT molecular complexity index is 1460. The predicted molar refractivity (Wildman–Crippen MR) is 127 cm³/mol. The Balaban J connectivity index is 1.48. The number of piperidine rings is 1. The topological polar surface area (TPSA) is 123 Å². The fraction of sp³-hybridized carbons (Fsp3) is 0.435. The van der Waals surface area contributed by atoms with Crippen LogP contribution in [0.15, 0.2) is 24.4 Å². The van der Waals surface area contributed by atoms with E-state index in [4.69, 9.17) is 9.84 Å². The van der Waals surface area contributed by atoms with Gasteiger partial charge in [0.2, 0.25) is 17.7 Å². The van der Waals surface area contributed by atoms with Crippen molar-refractivity contribution >= 4 is 28.4 Å². The second-order valence-corrected chi connectivity index (χ2v) is 8.90. The number of aliphatic hydroxyl groups excluding tert-OH is 1. The van der Waals surface area contributed by atoms with Crippen LogP contribution in [0.2, 0.25) is 0 Å². The lowest BCUT2D eigenvalue weighted by molar-refractivity contribution is -0.136. The Labute approximate surface area is 208 Å². The van der Waals surface area contributed by atoms with Crippen LogP contribution in [0, 0.1) is 5.82 Å². The standard InChI is InChI=1S/C23H25F3N8O3/c1-12(24)8-33-18-7-13(3-4-17(18)29-31-33)20-15(26)10-34-21(20)22(37-2)28-23(30-34)27-16-5-6-32(9-14(16)25)19(36)11-35/h3-4,7,10,12,14,16,35H,5-6,8-9,11H2,1-2H3,(H,27,30)/t12-,14+,16-/m0/s1. The van der Waals surface area contributed by atoms with Crippen molar-refractivity contribution in [1.29, 1.82) is 0 Å². The Morgan fingerprint density at radius 1 is 1.38 bits per heavy atom. The molecule has 14 heteroatoms. The van der Waals surface area contributed by atoms with Crippen molar-refractivity contribution in [2.75, 3.05) is 32.1 Å². The molecule has 1 saturated heterocycles. The number of halogens is 3. The van der Waals surface area contributed by atoms with Crippen LogP contribution in [0.1, 0.15) is 13.3 Å². The number of carbonyl (C=O) groups excluding carboxylic acids is 1. The van der Waals surface area contributed by atoms with Crippen LogP contribution in [0.25, 0.3) is 27.7 Å². The number of aromatic nitrogens is 6. The molecule has 0 radical (unpaired) electrons. The van der Waals surface area contributed by atoms with Crippen LogP contribution >= 0.6 is 0 Å². The zero-order chi connectivity index (χ0) is 26.3. The van der Waals surface area contributed by atoms with E-state index in [0.717, 1.165) is 0 Å². The Morgan fingerprint density at radius 2 is 2.19 bits per heavy atom. The number of nitrogens with zero attached hydrogens (tertiary/aromatic N) is 7. The number of fused-ring (bicyclic) bond motifs is 2. The molecular weight excluding hydrogens is 493 g/mol. The molecule has 0 spiro atoms. The highest BCUT2D eigenvalue weighted by molar-refractivity contribution is 5.89. The minimum atomic E-state index is -1.43. The Hall–Kier alpha value is -3.94. The number of benzene rings is 1. The van der Waals surface area contributed by atoms with Gasteiger partial charge >= 0.3 is 0 Å². The van der Waals surface area contributed by atoms with Crippen molar-refractivity contribution < 1.29 is 27.8 Å². The number of hydrogen-bond donors (Lipinski definition) is 2. The minimum Gasteiger partial charge on any atom is -0.479 e. The predicted octanol–water partition coefficient (Wildman–Crippen LogP) is 1.99. The molecule has 3 aromatic heterocycles. The van der Waals surface area contributed by atoms with Gasteiger partial charge in [-0.3, -0.25) is 4.79 Å². The van der Waals surface area contributed by atoms with Crippen molar-refractivity contribution in [2.24, 2.45) is 0 Å². The zero-order valence-electron chi connectivity index (χ0n) is 20.1. The molecule has 0 unspecified atom stereocenters. The largest absolute Gasteiger partial charge is 0.479 e. The third-order valence-electron chi connectivity index (χ3n) is 6.32. The van der Waals surface area contributed by atoms with Crippen molar-refractivity contribution in [2.45, 2.75) is 38.3 Å². The zero-order valence-corrected chi connectivity index (χ0v) is 20.1. The monoisotopic (exact) mass is 518 g/mol. The molecule has 4 heterocycles. The van der Waals surface area contributed by atoms with Crippen LogP contribution in [-0.2, 0) is 11.3 Å². The summed E-state index contributed by atoms with van der Waals surface area (Å²) < 4.78 is 51.7. The third-order valence-corrected chi connectivity index (χ3v) is 6.32. The summed E-state index contributed by atoms with van der Waals surface area (Å²) in [5, 5.41) is 24.2. The van der Waals surface area contributed by atoms with Crippen LogP contribution in [0.3, 0.4) is 0 Å². The molecule has 0 bridgehead atoms. The second-order valence-electron chi connectivity index (χ2n) is 8.90. The van der Waals surface area contributed by atoms with E-state index in [1.54, 1.807) is 18.2 Å². The van der Waals surface area contributed by atoms with E-state index in [1.807, 2.05) is 0 Å². The Morgan fingerprint density at radius 3 is 2.89 bits per heavy atom. The van der Waals surface area contributed by atoms with Crippen molar-refractivity contribution in [3.05, 3.63) is 30.2 Å². The van der Waals surface area contributed by atoms with Gasteiger partial charge in [-0.2, -0.15) is 4.98 Å². The fourth-order valence-corrected chi connectivity index (χ4v) is 4.55. The maximum Gasteiger partial charge on any atom is 0.248 e. The maximum atomic E-state index is 15.3. The molecule has 1 aromatic carbocycles. The van der Waals surface area contributed by atoms with Crippen LogP contribution in [0.4, 0.5) is 19.1 Å². The number of anilines is 1. The minimum absolute atomic E-state index is 0.00303. The summed E-state index contributed by atoms with van der Waals surface area (Å²) in [6, 6.07) is 4.30. The summed E-state index contributed by atoms with van der Waals surface area (Å²) in [6.45, 7) is 0.824. The van der Waals surface area contributed by atoms with Crippen molar-refractivity contribution in [3.8, 4) is 17.0 Å². The van der Waals surface area contributed by atoms with Gasteiger partial charge in [0.1, 0.15) is 30.0 Å². The molecule has 1 aliphatic rings. The van der Waals surface area contributed by atoms with Gasteiger partial charge in [0.15, 0.2) is 5.82 Å². The van der Waals surface area contributed by atoms with E-state index in [2.05, 4.69) is 25.7 Å². The van der Waals surface area contributed by atoms with Gasteiger partial charge in [-0.25, -0.2) is 22.4 Å². The fourth-order valence-electron chi connectivity index (χ4n) is 4.55. The molecule has 4 aromatic rings. The molecule has 0 saturated carbocycles. The van der Waals surface area contributed by atoms with Crippen molar-refractivity contribution in [3.63, 3.8) is 0 Å². The lowest BCUT2D eigenvalue weighted by atomic mass is 10.0. The molecular formula is C23H25F3N8O3. The number of alkyl halides is 2. The summed E-state index contributed by atoms with van der Waals surface area (Å²) in [5.41, 5.74) is 1.97. The first-order chi connectivity index (χ1) is 17.8. The van der Waals surface area contributed by atoms with Crippen LogP contribution < -0.4 is 10.1 Å². The molecule has 11 nitrogen and oxygen atoms in total. The van der Waals surface area contributed by atoms with E-state index >= 15 is 4.39 Å². The number of ether oxygens (including phenoxy) is 1. The highest BCUT2D eigenvalue weighted by atomic mass is 19.1. The molecule has 0 aliphatic carbocycles. The lowest BCUT2D eigenvalue weighted by Gasteiger charge is -2.34. The van der Waals surface area contributed by atoms with Gasteiger partial charge in [0.25, 0.3) is 0 Å². The quantitative estimate of drug-likeness (QED) is 0.381. The molecule has 1 fully saturated rings. The number of amides is 1. The first kappa shape index (κ1) is 24.7. The SMILES string of the molecule is COc1nc(N[C@H]2CCN(C(=O)CO)C[C@H]2F)nn2cc(F)c(-c3ccc4nnn(C[C@H](C)F)c4c3)c12. The van der Waals surface area contributed by atoms with Gasteiger partial charge in [-0.05, 0) is 31.0 Å². The molecule has 1 aliphatic heterocycles. The molecule has 1 amide bonds. The average Bonchev–Trinajstić information content (AvgIpc) is 3.43. The third kappa shape index (κ3) is 4.63. The number of methoxy groups -OCH3 is 1. The smallest absolute Gasteiger partial charge is 0.248 e. The highest BCUT2D eigenvalue weighted by Crippen LogP contribution is 2.35. The lowest BCUT2D eigenvalue weighted by Crippen LogP contribution is -2.50. The number of hydrogen-bond acceptors (Lipinski definition) is 8. The molecule has 196 valence electrons. The van der Waals surface area contributed by atoms with Crippen LogP contribution in [0.5, 0.6) is 5.88 Å². The number of rotatable bonds is 7. The number of carbonyl (C=O) groups is 1. The Kier molecular flexibility index (Phi) is 6.58. The normalized spacial score (nSPS) is 18.9. The molecule has 2 N–H and O–H groups in total. The van der Waals surface area contributed by atoms with Crippen LogP contribution in [-0.4, -0.2) is 90.7 Å². The van der Waals surface area contributed by atoms with E-state index in [0.29, 0.717) is 16.6 Å². The molecule has 37 heavy (non-hydrogen) atoms. The summed E-state index contributed by atoms with van der Waals surface area (Å²) in [7, 11) is 1.38. The van der Waals surface area contributed by atoms with Gasteiger partial charge in [0, 0.05) is 6.54 Å². The maximum absolute atomic E-state index is 15.3. The number of nitrogens with one attached hydrogen (secondary N) is 1. The second kappa shape index (κ2) is 9.84. The first-order valence-corrected chi connectivity index (χ1v) is 11.7. The van der Waals surface area contributed by atoms with E-state index < -0.39 is 36.7 Å². The average molecular weight is 519 g/mol. The summed E-state index contributed by atoms with van der Waals surface area (Å²) in [6.07, 6.45) is -1.14. The van der Waals surface area contributed by atoms with Gasteiger partial charge in [-0.15, -0.1) is 10.2 Å². The number of likely N-dealkylation sites (tertiary alicyclic amines) is 1. The molecule has 3 atom stereocenters. The van der Waals surface area contributed by atoms with E-state index in [-0.39, 0.29) is 49.0 Å². The van der Waals surface area contributed by atoms with E-state index in [1.165, 1.54) is 34.3 Å². The summed E-state index contributed by atoms with van der Waals surface area (Å²) in [4.78, 5) is 17.3. The highest BCUT2D eigenvalue weighted by Gasteiger charge is 2.32. The molecule has 5 rings (SSSR count). The van der Waals surface area contributed by atoms with Gasteiger partial charge in [-0.1, -0.05) is 11.3 Å². The number of aliphatic hydroxyl groups is 1. The van der Waals surface area contributed by atoms with Gasteiger partial charge < -0.3 is 20.1 Å². The van der Waals surface area contributed by atoms with E-state index in [9.17, 15) is 13.6 Å². The summed E-state index contributed by atoms with van der Waals surface area (Å²) in [5.74, 6) is -1.05. The van der Waals surface area contributed by atoms with Gasteiger partial charge in [0.05, 0.1) is 43.5 Å². The first-order valence-electron chi connectivity index (χ1n) is 11.7. The summed E-state index contributed by atoms with van der Waals surface area (Å²) >= 11 is 0.